The highest BCUT2D eigenvalue weighted by Crippen LogP contribution is 2.15. The molecule has 5 nitrogen and oxygen atoms in total. The maximum Gasteiger partial charge on any atom is 0.310 e. The van der Waals surface area contributed by atoms with Gasteiger partial charge in [-0.1, -0.05) is 18.2 Å². The zero-order chi connectivity index (χ0) is 16.9. The smallest absolute Gasteiger partial charge is 0.310 e. The molecule has 0 N–H and O–H groups in total. The summed E-state index contributed by atoms with van der Waals surface area (Å²) >= 11 is 0. The Hall–Kier alpha value is -2.82. The van der Waals surface area contributed by atoms with Crippen LogP contribution in [-0.4, -0.2) is 22.0 Å². The summed E-state index contributed by atoms with van der Waals surface area (Å²) in [5.74, 6) is 0.542. The average Bonchev–Trinajstić information content (AvgIpc) is 2.90. The molecular weight excluding hydrogens is 304 g/mol. The van der Waals surface area contributed by atoms with Crippen molar-refractivity contribution in [2.24, 2.45) is 0 Å². The molecule has 0 spiro atoms. The number of aryl methyl sites for hydroxylation is 1. The molecule has 0 fully saturated rings. The average molecular weight is 324 g/mol. The van der Waals surface area contributed by atoms with Crippen molar-refractivity contribution in [3.05, 3.63) is 65.6 Å². The number of imidazole rings is 1. The fraction of sp³-hybridized carbons (Fsp3) is 0.263. The maximum absolute atomic E-state index is 12.1. The van der Waals surface area contributed by atoms with E-state index in [9.17, 15) is 4.79 Å². The number of hydrogen-bond acceptors (Lipinski definition) is 4. The Labute approximate surface area is 140 Å². The molecule has 0 atom stereocenters. The minimum absolute atomic E-state index is 0.215. The Bertz CT molecular complexity index is 837. The van der Waals surface area contributed by atoms with Gasteiger partial charge in [0.25, 0.3) is 0 Å². The van der Waals surface area contributed by atoms with E-state index in [2.05, 4.69) is 4.98 Å². The summed E-state index contributed by atoms with van der Waals surface area (Å²) in [5.41, 5.74) is 3.52. The first-order valence-electron chi connectivity index (χ1n) is 7.97. The fourth-order valence-electron chi connectivity index (χ4n) is 2.57. The number of carbonyl (C=O) groups is 1. The van der Waals surface area contributed by atoms with Crippen molar-refractivity contribution < 1.29 is 14.3 Å². The molecule has 1 aromatic carbocycles. The minimum atomic E-state index is -0.260. The summed E-state index contributed by atoms with van der Waals surface area (Å²) in [6.07, 6.45) is 2.16. The number of esters is 1. The van der Waals surface area contributed by atoms with Crippen LogP contribution in [0.15, 0.2) is 48.7 Å². The van der Waals surface area contributed by atoms with Gasteiger partial charge in [-0.2, -0.15) is 0 Å². The molecule has 0 unspecified atom stereocenters. The van der Waals surface area contributed by atoms with Crippen molar-refractivity contribution in [3.8, 4) is 5.75 Å². The molecule has 24 heavy (non-hydrogen) atoms. The summed E-state index contributed by atoms with van der Waals surface area (Å²) in [5, 5.41) is 0. The van der Waals surface area contributed by atoms with Gasteiger partial charge < -0.3 is 13.9 Å². The highest BCUT2D eigenvalue weighted by Gasteiger charge is 2.11. The SMILES string of the molecule is CCOc1ccc(CC(=O)OCc2c(C)nc3ccccn23)cc1. The molecule has 2 heterocycles. The molecule has 0 amide bonds. The van der Waals surface area contributed by atoms with E-state index in [0.29, 0.717) is 6.61 Å². The van der Waals surface area contributed by atoms with Crippen molar-refractivity contribution in [2.75, 3.05) is 6.61 Å². The number of fused-ring (bicyclic) bond motifs is 1. The third kappa shape index (κ3) is 3.56. The molecule has 0 aliphatic carbocycles. The second-order valence-electron chi connectivity index (χ2n) is 5.49. The van der Waals surface area contributed by atoms with Crippen LogP contribution in [-0.2, 0) is 22.6 Å². The lowest BCUT2D eigenvalue weighted by atomic mass is 10.1. The van der Waals surface area contributed by atoms with Gasteiger partial charge in [0.2, 0.25) is 0 Å². The van der Waals surface area contributed by atoms with Gasteiger partial charge in [0.05, 0.1) is 24.4 Å². The lowest BCUT2D eigenvalue weighted by molar-refractivity contribution is -0.144. The molecule has 124 valence electrons. The van der Waals surface area contributed by atoms with Crippen LogP contribution in [0.5, 0.6) is 5.75 Å². The summed E-state index contributed by atoms with van der Waals surface area (Å²) in [4.78, 5) is 16.5. The van der Waals surface area contributed by atoms with Crippen molar-refractivity contribution in [2.45, 2.75) is 26.9 Å². The number of pyridine rings is 1. The van der Waals surface area contributed by atoms with E-state index in [1.54, 1.807) is 0 Å². The zero-order valence-electron chi connectivity index (χ0n) is 13.9. The number of aromatic nitrogens is 2. The largest absolute Gasteiger partial charge is 0.494 e. The third-order valence-corrected chi connectivity index (χ3v) is 3.78. The molecule has 0 saturated carbocycles. The molecule has 5 heteroatoms. The van der Waals surface area contributed by atoms with E-state index in [4.69, 9.17) is 9.47 Å². The monoisotopic (exact) mass is 324 g/mol. The van der Waals surface area contributed by atoms with Crippen molar-refractivity contribution in [3.63, 3.8) is 0 Å². The first kappa shape index (κ1) is 16.1. The molecule has 3 aromatic rings. The zero-order valence-corrected chi connectivity index (χ0v) is 13.9. The number of ether oxygens (including phenoxy) is 2. The van der Waals surface area contributed by atoms with Crippen LogP contribution in [0.4, 0.5) is 0 Å². The van der Waals surface area contributed by atoms with Gasteiger partial charge in [0.15, 0.2) is 0 Å². The van der Waals surface area contributed by atoms with Gasteiger partial charge >= 0.3 is 5.97 Å². The summed E-state index contributed by atoms with van der Waals surface area (Å²) < 4.78 is 12.8. The van der Waals surface area contributed by atoms with Crippen molar-refractivity contribution in [1.29, 1.82) is 0 Å². The third-order valence-electron chi connectivity index (χ3n) is 3.78. The van der Waals surface area contributed by atoms with Crippen LogP contribution >= 0.6 is 0 Å². The van der Waals surface area contributed by atoms with E-state index in [0.717, 1.165) is 28.3 Å². The predicted octanol–water partition coefficient (Wildman–Crippen LogP) is 3.33. The van der Waals surface area contributed by atoms with E-state index in [-0.39, 0.29) is 19.0 Å². The van der Waals surface area contributed by atoms with Gasteiger partial charge in [-0.15, -0.1) is 0 Å². The number of carbonyl (C=O) groups excluding carboxylic acids is 1. The molecule has 0 saturated heterocycles. The van der Waals surface area contributed by atoms with Crippen LogP contribution in [0.3, 0.4) is 0 Å². The van der Waals surface area contributed by atoms with Crippen LogP contribution < -0.4 is 4.74 Å². The molecule has 2 aromatic heterocycles. The Morgan fingerprint density at radius 2 is 1.96 bits per heavy atom. The van der Waals surface area contributed by atoms with E-state index < -0.39 is 0 Å². The molecule has 0 bridgehead atoms. The Kier molecular flexibility index (Phi) is 4.79. The normalized spacial score (nSPS) is 10.8. The Morgan fingerprint density at radius 3 is 2.71 bits per heavy atom. The standard InChI is InChI=1S/C19H20N2O3/c1-3-23-16-9-7-15(8-10-16)12-19(22)24-13-17-14(2)20-18-6-4-5-11-21(17)18/h4-11H,3,12-13H2,1-2H3. The van der Waals surface area contributed by atoms with Gasteiger partial charge in [0, 0.05) is 6.20 Å². The number of nitrogens with zero attached hydrogens (tertiary/aromatic N) is 2. The highest BCUT2D eigenvalue weighted by atomic mass is 16.5. The van der Waals surface area contributed by atoms with E-state index >= 15 is 0 Å². The van der Waals surface area contributed by atoms with Crippen LogP contribution in [0.1, 0.15) is 23.9 Å². The minimum Gasteiger partial charge on any atom is -0.494 e. The summed E-state index contributed by atoms with van der Waals surface area (Å²) in [6, 6.07) is 13.3. The van der Waals surface area contributed by atoms with Crippen LogP contribution in [0.2, 0.25) is 0 Å². The van der Waals surface area contributed by atoms with Gasteiger partial charge in [0.1, 0.15) is 18.0 Å². The molecule has 0 aliphatic rings. The number of hydrogen-bond donors (Lipinski definition) is 0. The number of benzene rings is 1. The summed E-state index contributed by atoms with van der Waals surface area (Å²) in [7, 11) is 0. The molecular formula is C19H20N2O3. The highest BCUT2D eigenvalue weighted by molar-refractivity contribution is 5.72. The van der Waals surface area contributed by atoms with Crippen LogP contribution in [0.25, 0.3) is 5.65 Å². The summed E-state index contributed by atoms with van der Waals surface area (Å²) in [6.45, 7) is 4.70. The molecule has 0 aliphatic heterocycles. The lowest BCUT2D eigenvalue weighted by Gasteiger charge is -2.07. The van der Waals surface area contributed by atoms with E-state index in [1.165, 1.54) is 0 Å². The Morgan fingerprint density at radius 1 is 1.17 bits per heavy atom. The lowest BCUT2D eigenvalue weighted by Crippen LogP contribution is -2.09. The predicted molar refractivity (Wildman–Crippen MR) is 91.0 cm³/mol. The van der Waals surface area contributed by atoms with Gasteiger partial charge in [-0.05, 0) is 43.7 Å². The van der Waals surface area contributed by atoms with E-state index in [1.807, 2.05) is 66.9 Å². The van der Waals surface area contributed by atoms with Crippen molar-refractivity contribution in [1.82, 2.24) is 9.38 Å². The topological polar surface area (TPSA) is 52.8 Å². The Balaban J connectivity index is 1.61. The quantitative estimate of drug-likeness (QED) is 0.653. The second kappa shape index (κ2) is 7.17. The maximum atomic E-state index is 12.1. The number of rotatable bonds is 6. The van der Waals surface area contributed by atoms with Gasteiger partial charge in [-0.3, -0.25) is 4.79 Å². The first-order chi connectivity index (χ1) is 11.7. The second-order valence-corrected chi connectivity index (χ2v) is 5.49. The fourth-order valence-corrected chi connectivity index (χ4v) is 2.57. The van der Waals surface area contributed by atoms with Crippen molar-refractivity contribution >= 4 is 11.6 Å². The first-order valence-corrected chi connectivity index (χ1v) is 7.97. The van der Waals surface area contributed by atoms with Crippen LogP contribution in [0, 0.1) is 6.92 Å². The molecule has 0 radical (unpaired) electrons. The van der Waals surface area contributed by atoms with Gasteiger partial charge in [-0.25, -0.2) is 4.98 Å². The molecule has 3 rings (SSSR count).